The van der Waals surface area contributed by atoms with Crippen molar-refractivity contribution in [2.75, 3.05) is 31.1 Å². The van der Waals surface area contributed by atoms with Gasteiger partial charge in [-0.2, -0.15) is 0 Å². The van der Waals surface area contributed by atoms with Crippen LogP contribution in [-0.2, 0) is 0 Å². The van der Waals surface area contributed by atoms with Crippen LogP contribution in [0.3, 0.4) is 0 Å². The van der Waals surface area contributed by atoms with E-state index in [4.69, 9.17) is 9.97 Å². The molecule has 0 spiro atoms. The number of likely N-dealkylation sites (tertiary alicyclic amines) is 2. The monoisotopic (exact) mass is 551 g/mol. The van der Waals surface area contributed by atoms with Gasteiger partial charge >= 0.3 is 0 Å². The molecule has 2 bridgehead atoms. The molecule has 5 nitrogen and oxygen atoms in total. The quantitative estimate of drug-likeness (QED) is 0.376. The summed E-state index contributed by atoms with van der Waals surface area (Å²) in [5, 5.41) is 0. The van der Waals surface area contributed by atoms with Crippen LogP contribution in [0.4, 0.5) is 5.95 Å². The van der Waals surface area contributed by atoms with Gasteiger partial charge in [0.15, 0.2) is 0 Å². The summed E-state index contributed by atoms with van der Waals surface area (Å²) >= 11 is 2.63. The lowest BCUT2D eigenvalue weighted by Gasteiger charge is -2.43. The fourth-order valence-corrected chi connectivity index (χ4v) is 7.60. The number of hydrogen-bond donors (Lipinski definition) is 0. The standard InChI is InChI=1S/C26H42IN5/c1-18(2)31-16-24-8-9-25(17-31)32(24)26-28-14-22(15-29-26)21-10-12-30(13-11-21)23-6-4-20(5-7-23)19(3)27/h14-15,18-21,23-25H,4-13,16-17H2,1-3H3/t19?,20-,23+,24?,25?. The van der Waals surface area contributed by atoms with Gasteiger partial charge in [0, 0.05) is 53.6 Å². The molecule has 0 aromatic carbocycles. The molecule has 32 heavy (non-hydrogen) atoms. The van der Waals surface area contributed by atoms with Gasteiger partial charge in [0.05, 0.1) is 0 Å². The molecule has 1 aromatic rings. The first-order valence-corrected chi connectivity index (χ1v) is 14.5. The molecule has 3 saturated heterocycles. The van der Waals surface area contributed by atoms with E-state index < -0.39 is 0 Å². The summed E-state index contributed by atoms with van der Waals surface area (Å²) in [5.41, 5.74) is 1.36. The molecule has 6 heteroatoms. The van der Waals surface area contributed by atoms with Crippen molar-refractivity contribution in [1.82, 2.24) is 19.8 Å². The fourth-order valence-electron chi connectivity index (χ4n) is 6.88. The second kappa shape index (κ2) is 10.0. The zero-order chi connectivity index (χ0) is 22.2. The third-order valence-electron chi connectivity index (χ3n) is 9.04. The SMILES string of the molecule is CC(C)N1CC2CCC(C1)N2c1ncc(C2CCN([C@H]3CC[C@@H](C(C)I)CC3)CC2)cn1. The molecular weight excluding hydrogens is 509 g/mol. The predicted octanol–water partition coefficient (Wildman–Crippen LogP) is 5.10. The second-order valence-corrected chi connectivity index (χ2v) is 13.2. The average molecular weight is 552 g/mol. The topological polar surface area (TPSA) is 35.5 Å². The van der Waals surface area contributed by atoms with Crippen molar-refractivity contribution in [1.29, 1.82) is 0 Å². The van der Waals surface area contributed by atoms with Gasteiger partial charge in [0.25, 0.3) is 0 Å². The van der Waals surface area contributed by atoms with E-state index in [9.17, 15) is 0 Å². The van der Waals surface area contributed by atoms with Crippen molar-refractivity contribution in [2.45, 2.75) is 106 Å². The van der Waals surface area contributed by atoms with Crippen LogP contribution in [0.25, 0.3) is 0 Å². The van der Waals surface area contributed by atoms with E-state index in [0.717, 1.165) is 34.9 Å². The lowest BCUT2D eigenvalue weighted by Crippen LogP contribution is -2.56. The van der Waals surface area contributed by atoms with Crippen LogP contribution in [0.2, 0.25) is 0 Å². The van der Waals surface area contributed by atoms with Crippen LogP contribution < -0.4 is 4.90 Å². The first kappa shape index (κ1) is 23.3. The van der Waals surface area contributed by atoms with Crippen molar-refractivity contribution in [2.24, 2.45) is 5.92 Å². The van der Waals surface area contributed by atoms with Crippen LogP contribution in [0.15, 0.2) is 12.4 Å². The zero-order valence-corrected chi connectivity index (χ0v) is 22.5. The number of hydrogen-bond acceptors (Lipinski definition) is 5. The maximum Gasteiger partial charge on any atom is 0.225 e. The summed E-state index contributed by atoms with van der Waals surface area (Å²) in [5.74, 6) is 2.56. The van der Waals surface area contributed by atoms with Crippen LogP contribution in [0, 0.1) is 5.92 Å². The van der Waals surface area contributed by atoms with Gasteiger partial charge in [-0.05, 0) is 95.7 Å². The molecule has 3 aliphatic heterocycles. The fraction of sp³-hybridized carbons (Fsp3) is 0.846. The lowest BCUT2D eigenvalue weighted by atomic mass is 9.82. The molecule has 4 heterocycles. The van der Waals surface area contributed by atoms with E-state index >= 15 is 0 Å². The Morgan fingerprint density at radius 3 is 1.91 bits per heavy atom. The van der Waals surface area contributed by atoms with E-state index in [1.54, 1.807) is 0 Å². The Bertz CT molecular complexity index is 723. The highest BCUT2D eigenvalue weighted by molar-refractivity contribution is 14.1. The Morgan fingerprint density at radius 1 is 0.812 bits per heavy atom. The number of aromatic nitrogens is 2. The predicted molar refractivity (Wildman–Crippen MR) is 141 cm³/mol. The van der Waals surface area contributed by atoms with Crippen molar-refractivity contribution in [3.05, 3.63) is 18.0 Å². The Kier molecular flexibility index (Phi) is 7.29. The minimum absolute atomic E-state index is 0.593. The van der Waals surface area contributed by atoms with Gasteiger partial charge in [0.1, 0.15) is 0 Å². The highest BCUT2D eigenvalue weighted by atomic mass is 127. The van der Waals surface area contributed by atoms with E-state index in [1.807, 2.05) is 0 Å². The van der Waals surface area contributed by atoms with Crippen LogP contribution >= 0.6 is 22.6 Å². The molecule has 0 radical (unpaired) electrons. The summed E-state index contributed by atoms with van der Waals surface area (Å²) < 4.78 is 0.830. The minimum atomic E-state index is 0.593. The van der Waals surface area contributed by atoms with Crippen LogP contribution in [0.1, 0.15) is 83.6 Å². The van der Waals surface area contributed by atoms with Crippen molar-refractivity contribution < 1.29 is 0 Å². The number of nitrogens with zero attached hydrogens (tertiary/aromatic N) is 5. The Morgan fingerprint density at radius 2 is 1.38 bits per heavy atom. The number of piperazine rings is 1. The molecule has 1 aliphatic carbocycles. The average Bonchev–Trinajstić information content (AvgIpc) is 3.08. The summed E-state index contributed by atoms with van der Waals surface area (Å²) in [6.45, 7) is 11.9. The number of anilines is 1. The number of alkyl halides is 1. The van der Waals surface area contributed by atoms with E-state index in [2.05, 4.69) is 70.5 Å². The van der Waals surface area contributed by atoms with E-state index in [0.29, 0.717) is 24.0 Å². The molecule has 0 amide bonds. The molecular formula is C26H42IN5. The van der Waals surface area contributed by atoms with E-state index in [1.165, 1.54) is 70.0 Å². The summed E-state index contributed by atoms with van der Waals surface area (Å²) in [6, 6.07) is 2.66. The van der Waals surface area contributed by atoms with E-state index in [-0.39, 0.29) is 0 Å². The summed E-state index contributed by atoms with van der Waals surface area (Å²) in [7, 11) is 0. The maximum absolute atomic E-state index is 4.90. The van der Waals surface area contributed by atoms with Crippen molar-refractivity contribution in [3.63, 3.8) is 0 Å². The highest BCUT2D eigenvalue weighted by Crippen LogP contribution is 2.37. The van der Waals surface area contributed by atoms with Crippen LogP contribution in [0.5, 0.6) is 0 Å². The van der Waals surface area contributed by atoms with Crippen LogP contribution in [-0.4, -0.2) is 74.0 Å². The zero-order valence-electron chi connectivity index (χ0n) is 20.3. The first-order valence-electron chi connectivity index (χ1n) is 13.2. The summed E-state index contributed by atoms with van der Waals surface area (Å²) in [6.07, 6.45) is 15.1. The highest BCUT2D eigenvalue weighted by Gasteiger charge is 2.41. The normalized spacial score (nSPS) is 33.7. The third kappa shape index (κ3) is 4.83. The van der Waals surface area contributed by atoms with Gasteiger partial charge < -0.3 is 9.80 Å². The molecule has 178 valence electrons. The molecule has 4 fully saturated rings. The van der Waals surface area contributed by atoms with Gasteiger partial charge in [-0.3, -0.25) is 4.90 Å². The molecule has 3 atom stereocenters. The van der Waals surface area contributed by atoms with Gasteiger partial charge in [-0.1, -0.05) is 29.5 Å². The minimum Gasteiger partial charge on any atom is -0.332 e. The molecule has 5 rings (SSSR count). The number of piperidine rings is 1. The Balaban J connectivity index is 1.14. The van der Waals surface area contributed by atoms with Gasteiger partial charge in [-0.25, -0.2) is 9.97 Å². The molecule has 3 unspecified atom stereocenters. The van der Waals surface area contributed by atoms with Crippen molar-refractivity contribution in [3.8, 4) is 0 Å². The molecule has 4 aliphatic rings. The maximum atomic E-state index is 4.90. The smallest absolute Gasteiger partial charge is 0.225 e. The largest absolute Gasteiger partial charge is 0.332 e. The first-order chi connectivity index (χ1) is 15.5. The Labute approximate surface area is 208 Å². The summed E-state index contributed by atoms with van der Waals surface area (Å²) in [4.78, 5) is 17.8. The van der Waals surface area contributed by atoms with Gasteiger partial charge in [-0.15, -0.1) is 0 Å². The molecule has 1 saturated carbocycles. The second-order valence-electron chi connectivity index (χ2n) is 11.2. The lowest BCUT2D eigenvalue weighted by molar-refractivity contribution is 0.108. The number of fused-ring (bicyclic) bond motifs is 2. The third-order valence-corrected chi connectivity index (χ3v) is 10.1. The van der Waals surface area contributed by atoms with Crippen molar-refractivity contribution >= 4 is 28.5 Å². The number of halogens is 1. The van der Waals surface area contributed by atoms with Gasteiger partial charge in [0.2, 0.25) is 5.95 Å². The molecule has 1 aromatic heterocycles. The Hall–Kier alpha value is -0.470. The molecule has 0 N–H and O–H groups in total. The number of rotatable bonds is 5.